The van der Waals surface area contributed by atoms with Crippen LogP contribution in [-0.2, 0) is 4.79 Å². The summed E-state index contributed by atoms with van der Waals surface area (Å²) < 4.78 is 0. The third-order valence-electron chi connectivity index (χ3n) is 5.25. The minimum Gasteiger partial charge on any atom is -0.348 e. The molecule has 27 heavy (non-hydrogen) atoms. The van der Waals surface area contributed by atoms with Crippen molar-refractivity contribution in [3.8, 4) is 0 Å². The molecule has 1 aliphatic rings. The van der Waals surface area contributed by atoms with Gasteiger partial charge in [0.25, 0.3) is 0 Å². The number of carbonyl (C=O) groups is 1. The number of hydrogen-bond acceptors (Lipinski definition) is 4. The van der Waals surface area contributed by atoms with E-state index in [4.69, 9.17) is 4.98 Å². The molecule has 1 unspecified atom stereocenters. The summed E-state index contributed by atoms with van der Waals surface area (Å²) in [5.41, 5.74) is 2.97. The smallest absolute Gasteiger partial charge is 0.243 e. The summed E-state index contributed by atoms with van der Waals surface area (Å²) in [5.74, 6) is 0.689. The van der Waals surface area contributed by atoms with Crippen molar-refractivity contribution in [2.24, 2.45) is 0 Å². The van der Waals surface area contributed by atoms with Crippen LogP contribution >= 0.6 is 0 Å². The first-order chi connectivity index (χ1) is 13.1. The molecule has 4 rings (SSSR count). The number of nitrogens with zero attached hydrogens (tertiary/aromatic N) is 3. The number of para-hydroxylation sites is 1. The molecular weight excluding hydrogens is 336 g/mol. The Morgan fingerprint density at radius 3 is 2.67 bits per heavy atom. The van der Waals surface area contributed by atoms with Crippen molar-refractivity contribution < 1.29 is 4.79 Å². The molecule has 3 aromatic rings. The Hall–Kier alpha value is -2.95. The number of carbonyl (C=O) groups excluding carboxylic acids is 1. The second-order valence-corrected chi connectivity index (χ2v) is 7.12. The molecule has 138 valence electrons. The summed E-state index contributed by atoms with van der Waals surface area (Å²) in [6, 6.07) is 17.8. The highest BCUT2D eigenvalue weighted by atomic mass is 16.2. The minimum atomic E-state index is -0.225. The molecular formula is C22H24N4O. The molecule has 1 saturated heterocycles. The number of aryl methyl sites for hydroxylation is 1. The van der Waals surface area contributed by atoms with Gasteiger partial charge in [0.15, 0.2) is 0 Å². The Morgan fingerprint density at radius 2 is 1.85 bits per heavy atom. The van der Waals surface area contributed by atoms with Gasteiger partial charge >= 0.3 is 0 Å². The van der Waals surface area contributed by atoms with Crippen molar-refractivity contribution in [3.05, 3.63) is 65.9 Å². The van der Waals surface area contributed by atoms with Gasteiger partial charge in [0.2, 0.25) is 11.9 Å². The molecule has 5 nitrogen and oxygen atoms in total. The number of aromatic nitrogens is 2. The summed E-state index contributed by atoms with van der Waals surface area (Å²) in [6.07, 6.45) is 1.79. The highest BCUT2D eigenvalue weighted by Crippen LogP contribution is 2.26. The van der Waals surface area contributed by atoms with Crippen LogP contribution in [0.5, 0.6) is 0 Å². The molecule has 5 heteroatoms. The lowest BCUT2D eigenvalue weighted by atomic mass is 10.1. The number of amides is 1. The number of anilines is 1. The van der Waals surface area contributed by atoms with E-state index in [0.29, 0.717) is 5.95 Å². The zero-order chi connectivity index (χ0) is 18.8. The van der Waals surface area contributed by atoms with Crippen molar-refractivity contribution in [2.45, 2.75) is 38.8 Å². The van der Waals surface area contributed by atoms with E-state index in [1.807, 2.05) is 73.3 Å². The molecule has 0 spiro atoms. The Morgan fingerprint density at radius 1 is 1.11 bits per heavy atom. The molecule has 1 aliphatic heterocycles. The average molecular weight is 360 g/mol. The van der Waals surface area contributed by atoms with Crippen LogP contribution in [-0.4, -0.2) is 28.5 Å². The van der Waals surface area contributed by atoms with E-state index >= 15 is 0 Å². The van der Waals surface area contributed by atoms with Gasteiger partial charge in [-0.15, -0.1) is 0 Å². The zero-order valence-corrected chi connectivity index (χ0v) is 15.7. The van der Waals surface area contributed by atoms with Crippen LogP contribution in [0.1, 0.15) is 37.1 Å². The standard InChI is InChI=1S/C22H24N4O/c1-15(17-9-4-3-5-10-17)23-21(27)20-13-8-14-26(20)22-24-16(2)18-11-6-7-12-19(18)25-22/h3-7,9-12,15,20H,8,13-14H2,1-2H3,(H,23,27)/t15-,20?/m0/s1. The minimum absolute atomic E-state index is 0.0274. The van der Waals surface area contributed by atoms with Crippen molar-refractivity contribution in [2.75, 3.05) is 11.4 Å². The van der Waals surface area contributed by atoms with Crippen molar-refractivity contribution in [1.82, 2.24) is 15.3 Å². The topological polar surface area (TPSA) is 58.1 Å². The van der Waals surface area contributed by atoms with E-state index in [0.717, 1.165) is 41.5 Å². The molecule has 1 N–H and O–H groups in total. The fraction of sp³-hybridized carbons (Fsp3) is 0.318. The van der Waals surface area contributed by atoms with Crippen LogP contribution in [0, 0.1) is 6.92 Å². The Kier molecular flexibility index (Phi) is 4.75. The highest BCUT2D eigenvalue weighted by Gasteiger charge is 2.33. The monoisotopic (exact) mass is 360 g/mol. The maximum Gasteiger partial charge on any atom is 0.243 e. The first-order valence-electron chi connectivity index (χ1n) is 9.49. The molecule has 1 aromatic heterocycles. The molecule has 0 aliphatic carbocycles. The summed E-state index contributed by atoms with van der Waals surface area (Å²) >= 11 is 0. The van der Waals surface area contributed by atoms with Gasteiger partial charge in [0.1, 0.15) is 6.04 Å². The van der Waals surface area contributed by atoms with Crippen molar-refractivity contribution >= 4 is 22.8 Å². The maximum absolute atomic E-state index is 13.0. The molecule has 1 amide bonds. The average Bonchev–Trinajstić information content (AvgIpc) is 3.19. The van der Waals surface area contributed by atoms with Gasteiger partial charge in [-0.3, -0.25) is 4.79 Å². The maximum atomic E-state index is 13.0. The van der Waals surface area contributed by atoms with Crippen LogP contribution in [0.25, 0.3) is 10.9 Å². The van der Waals surface area contributed by atoms with E-state index in [1.165, 1.54) is 0 Å². The number of fused-ring (bicyclic) bond motifs is 1. The second-order valence-electron chi connectivity index (χ2n) is 7.12. The lowest BCUT2D eigenvalue weighted by molar-refractivity contribution is -0.122. The van der Waals surface area contributed by atoms with Gasteiger partial charge in [0, 0.05) is 11.9 Å². The number of hydrogen-bond donors (Lipinski definition) is 1. The molecule has 2 atom stereocenters. The Bertz CT molecular complexity index is 957. The lowest BCUT2D eigenvalue weighted by Crippen LogP contribution is -2.44. The van der Waals surface area contributed by atoms with E-state index in [2.05, 4.69) is 10.3 Å². The first-order valence-corrected chi connectivity index (χ1v) is 9.49. The molecule has 0 bridgehead atoms. The highest BCUT2D eigenvalue weighted by molar-refractivity contribution is 5.87. The van der Waals surface area contributed by atoms with Crippen molar-refractivity contribution in [1.29, 1.82) is 0 Å². The molecule has 2 aromatic carbocycles. The summed E-state index contributed by atoms with van der Waals surface area (Å²) in [5, 5.41) is 4.21. The fourth-order valence-corrected chi connectivity index (χ4v) is 3.76. The summed E-state index contributed by atoms with van der Waals surface area (Å²) in [4.78, 5) is 24.4. The Balaban J connectivity index is 1.56. The van der Waals surface area contributed by atoms with Gasteiger partial charge in [-0.2, -0.15) is 0 Å². The van der Waals surface area contributed by atoms with Crippen LogP contribution in [0.3, 0.4) is 0 Å². The largest absolute Gasteiger partial charge is 0.348 e. The van der Waals surface area contributed by atoms with Crippen molar-refractivity contribution in [3.63, 3.8) is 0 Å². The van der Waals surface area contributed by atoms with Gasteiger partial charge in [0.05, 0.1) is 17.3 Å². The summed E-state index contributed by atoms with van der Waals surface area (Å²) in [7, 11) is 0. The first kappa shape index (κ1) is 17.5. The molecule has 2 heterocycles. The number of benzene rings is 2. The van der Waals surface area contributed by atoms with Gasteiger partial charge in [-0.1, -0.05) is 48.5 Å². The predicted molar refractivity (Wildman–Crippen MR) is 108 cm³/mol. The molecule has 1 fully saturated rings. The van der Waals surface area contributed by atoms with Gasteiger partial charge < -0.3 is 10.2 Å². The zero-order valence-electron chi connectivity index (χ0n) is 15.7. The quantitative estimate of drug-likeness (QED) is 0.769. The van der Waals surface area contributed by atoms with E-state index in [-0.39, 0.29) is 18.0 Å². The predicted octanol–water partition coefficient (Wildman–Crippen LogP) is 3.78. The van der Waals surface area contributed by atoms with E-state index in [9.17, 15) is 4.79 Å². The third kappa shape index (κ3) is 3.50. The van der Waals surface area contributed by atoms with E-state index < -0.39 is 0 Å². The van der Waals surface area contributed by atoms with Crippen LogP contribution in [0.15, 0.2) is 54.6 Å². The second kappa shape index (κ2) is 7.35. The fourth-order valence-electron chi connectivity index (χ4n) is 3.76. The lowest BCUT2D eigenvalue weighted by Gasteiger charge is -2.26. The Labute approximate surface area is 159 Å². The third-order valence-corrected chi connectivity index (χ3v) is 5.25. The van der Waals surface area contributed by atoms with Crippen LogP contribution in [0.4, 0.5) is 5.95 Å². The SMILES string of the molecule is Cc1nc(N2CCCC2C(=O)N[C@@H](C)c2ccccc2)nc2ccccc12. The van der Waals surface area contributed by atoms with Crippen LogP contribution in [0.2, 0.25) is 0 Å². The van der Waals surface area contributed by atoms with Crippen LogP contribution < -0.4 is 10.2 Å². The number of rotatable bonds is 4. The van der Waals surface area contributed by atoms with Gasteiger partial charge in [-0.05, 0) is 38.3 Å². The van der Waals surface area contributed by atoms with Gasteiger partial charge in [-0.25, -0.2) is 9.97 Å². The normalized spacial score (nSPS) is 17.9. The summed E-state index contributed by atoms with van der Waals surface area (Å²) in [6.45, 7) is 4.81. The van der Waals surface area contributed by atoms with E-state index in [1.54, 1.807) is 0 Å². The molecule has 0 saturated carbocycles. The molecule has 0 radical (unpaired) electrons. The number of nitrogens with one attached hydrogen (secondary N) is 1.